The molecule has 0 radical (unpaired) electrons. The third-order valence-corrected chi connectivity index (χ3v) is 7.11. The maximum atomic E-state index is 13.3. The molecule has 2 heterocycles. The average molecular weight is 415 g/mol. The zero-order valence-corrected chi connectivity index (χ0v) is 17.6. The number of carboxylic acids is 1. The number of amides is 2. The van der Waals surface area contributed by atoms with Crippen LogP contribution in [0.1, 0.15) is 18.4 Å². The molecule has 3 fully saturated rings. The summed E-state index contributed by atoms with van der Waals surface area (Å²) < 4.78 is 0. The van der Waals surface area contributed by atoms with E-state index in [-0.39, 0.29) is 23.1 Å². The SMILES string of the molecule is Cc1cccc(N2CCN(C(=O)C3C(C(=O)O)CC4(CC4C(N)=O)CN3C)CC2)c1. The van der Waals surface area contributed by atoms with Gasteiger partial charge in [0.15, 0.2) is 0 Å². The molecule has 1 aromatic carbocycles. The molecule has 1 saturated carbocycles. The number of carbonyl (C=O) groups is 3. The first-order chi connectivity index (χ1) is 14.2. The van der Waals surface area contributed by atoms with Gasteiger partial charge in [0.25, 0.3) is 0 Å². The number of benzene rings is 1. The summed E-state index contributed by atoms with van der Waals surface area (Å²) in [5.74, 6) is -2.58. The molecule has 4 atom stereocenters. The second-order valence-electron chi connectivity index (χ2n) is 9.18. The fraction of sp³-hybridized carbons (Fsp3) is 0.591. The minimum atomic E-state index is -0.979. The van der Waals surface area contributed by atoms with E-state index in [1.807, 2.05) is 11.0 Å². The van der Waals surface area contributed by atoms with Gasteiger partial charge in [-0.1, -0.05) is 12.1 Å². The van der Waals surface area contributed by atoms with Gasteiger partial charge in [0.1, 0.15) is 6.04 Å². The topological polar surface area (TPSA) is 107 Å². The highest BCUT2D eigenvalue weighted by Crippen LogP contribution is 2.59. The number of hydrogen-bond acceptors (Lipinski definition) is 5. The molecule has 1 aliphatic carbocycles. The maximum absolute atomic E-state index is 13.3. The summed E-state index contributed by atoms with van der Waals surface area (Å²) >= 11 is 0. The van der Waals surface area contributed by atoms with Gasteiger partial charge in [-0.15, -0.1) is 0 Å². The van der Waals surface area contributed by atoms with Crippen molar-refractivity contribution in [2.24, 2.45) is 23.0 Å². The number of aryl methyl sites for hydroxylation is 1. The number of likely N-dealkylation sites (N-methyl/N-ethyl adjacent to an activating group) is 1. The molecule has 4 rings (SSSR count). The van der Waals surface area contributed by atoms with Gasteiger partial charge in [0.2, 0.25) is 11.8 Å². The van der Waals surface area contributed by atoms with E-state index in [0.717, 1.165) is 18.8 Å². The first-order valence-corrected chi connectivity index (χ1v) is 10.5. The van der Waals surface area contributed by atoms with Gasteiger partial charge in [0, 0.05) is 44.3 Å². The van der Waals surface area contributed by atoms with Crippen molar-refractivity contribution in [3.8, 4) is 0 Å². The standard InChI is InChI=1S/C22H30N4O4/c1-14-4-3-5-15(10-14)25-6-8-26(9-7-25)20(28)18-16(21(29)30)11-22(13-24(18)2)12-17(22)19(23)27/h3-5,10,16-18H,6-9,11-13H2,1-2H3,(H2,23,27)(H,29,30). The fourth-order valence-electron chi connectivity index (χ4n) is 5.45. The number of carboxylic acid groups (broad SMARTS) is 1. The Labute approximate surface area is 176 Å². The summed E-state index contributed by atoms with van der Waals surface area (Å²) in [7, 11) is 1.79. The minimum Gasteiger partial charge on any atom is -0.481 e. The van der Waals surface area contributed by atoms with E-state index in [1.54, 1.807) is 11.9 Å². The van der Waals surface area contributed by atoms with Crippen molar-refractivity contribution in [3.05, 3.63) is 29.8 Å². The molecule has 1 spiro atoms. The van der Waals surface area contributed by atoms with Crippen molar-refractivity contribution in [1.82, 2.24) is 9.80 Å². The van der Waals surface area contributed by atoms with Crippen molar-refractivity contribution >= 4 is 23.5 Å². The molecule has 2 amide bonds. The molecule has 0 aromatic heterocycles. The van der Waals surface area contributed by atoms with E-state index in [1.165, 1.54) is 5.56 Å². The van der Waals surface area contributed by atoms with Crippen molar-refractivity contribution in [2.45, 2.75) is 25.8 Å². The lowest BCUT2D eigenvalue weighted by Crippen LogP contribution is -2.60. The van der Waals surface area contributed by atoms with Crippen LogP contribution in [0.5, 0.6) is 0 Å². The van der Waals surface area contributed by atoms with Crippen LogP contribution < -0.4 is 10.6 Å². The summed E-state index contributed by atoms with van der Waals surface area (Å²) in [4.78, 5) is 42.9. The second-order valence-corrected chi connectivity index (χ2v) is 9.18. The zero-order valence-electron chi connectivity index (χ0n) is 17.6. The molecule has 2 aliphatic heterocycles. The van der Waals surface area contributed by atoms with Crippen LogP contribution >= 0.6 is 0 Å². The molecule has 8 nitrogen and oxygen atoms in total. The Balaban J connectivity index is 1.44. The van der Waals surface area contributed by atoms with Gasteiger partial charge < -0.3 is 20.6 Å². The molecule has 2 saturated heterocycles. The Kier molecular flexibility index (Phi) is 5.22. The van der Waals surface area contributed by atoms with Crippen LogP contribution in [0.2, 0.25) is 0 Å². The van der Waals surface area contributed by atoms with Crippen molar-refractivity contribution in [2.75, 3.05) is 44.7 Å². The molecule has 3 aliphatic rings. The summed E-state index contributed by atoms with van der Waals surface area (Å²) in [6, 6.07) is 7.60. The van der Waals surface area contributed by atoms with Crippen molar-refractivity contribution < 1.29 is 19.5 Å². The third kappa shape index (κ3) is 3.64. The van der Waals surface area contributed by atoms with Gasteiger partial charge in [-0.25, -0.2) is 0 Å². The number of primary amides is 1. The number of hydrogen-bond donors (Lipinski definition) is 2. The Morgan fingerprint density at radius 2 is 1.83 bits per heavy atom. The molecule has 8 heteroatoms. The number of aliphatic carboxylic acids is 1. The number of nitrogens with two attached hydrogens (primary N) is 1. The summed E-state index contributed by atoms with van der Waals surface area (Å²) in [6.45, 7) is 5.17. The largest absolute Gasteiger partial charge is 0.481 e. The Bertz CT molecular complexity index is 866. The van der Waals surface area contributed by atoms with Crippen LogP contribution in [-0.4, -0.2) is 78.5 Å². The number of anilines is 1. The van der Waals surface area contributed by atoms with E-state index < -0.39 is 17.9 Å². The number of piperazine rings is 1. The molecule has 30 heavy (non-hydrogen) atoms. The van der Waals surface area contributed by atoms with Gasteiger partial charge in [-0.05, 0) is 49.9 Å². The first-order valence-electron chi connectivity index (χ1n) is 10.5. The lowest BCUT2D eigenvalue weighted by molar-refractivity contribution is -0.156. The molecule has 4 unspecified atom stereocenters. The summed E-state index contributed by atoms with van der Waals surface area (Å²) in [5.41, 5.74) is 7.43. The second kappa shape index (κ2) is 7.58. The van der Waals surface area contributed by atoms with Gasteiger partial charge in [0.05, 0.1) is 5.92 Å². The van der Waals surface area contributed by atoms with Crippen LogP contribution in [0.4, 0.5) is 5.69 Å². The normalized spacial score (nSPS) is 31.6. The Morgan fingerprint density at radius 1 is 1.13 bits per heavy atom. The highest BCUT2D eigenvalue weighted by Gasteiger charge is 2.63. The highest BCUT2D eigenvalue weighted by molar-refractivity contribution is 5.89. The molecular weight excluding hydrogens is 384 g/mol. The number of piperidine rings is 1. The molecular formula is C22H30N4O4. The molecule has 1 aromatic rings. The van der Waals surface area contributed by atoms with E-state index in [9.17, 15) is 19.5 Å². The predicted octanol–water partition coefficient (Wildman–Crippen LogP) is 0.540. The number of rotatable bonds is 4. The number of nitrogens with zero attached hydrogens (tertiary/aromatic N) is 3. The predicted molar refractivity (Wildman–Crippen MR) is 112 cm³/mol. The lowest BCUT2D eigenvalue weighted by Gasteiger charge is -2.44. The van der Waals surface area contributed by atoms with Gasteiger partial charge in [-0.2, -0.15) is 0 Å². The summed E-state index contributed by atoms with van der Waals surface area (Å²) in [6.07, 6.45) is 0.951. The fourth-order valence-corrected chi connectivity index (χ4v) is 5.45. The molecule has 162 valence electrons. The monoisotopic (exact) mass is 414 g/mol. The van der Waals surface area contributed by atoms with E-state index in [2.05, 4.69) is 30.0 Å². The Morgan fingerprint density at radius 3 is 2.40 bits per heavy atom. The Hall–Kier alpha value is -2.61. The number of carbonyl (C=O) groups excluding carboxylic acids is 2. The van der Waals surface area contributed by atoms with Crippen LogP contribution in [0.3, 0.4) is 0 Å². The quantitative estimate of drug-likeness (QED) is 0.745. The van der Waals surface area contributed by atoms with Gasteiger partial charge in [-0.3, -0.25) is 19.3 Å². The molecule has 3 N–H and O–H groups in total. The smallest absolute Gasteiger partial charge is 0.308 e. The van der Waals surface area contributed by atoms with E-state index >= 15 is 0 Å². The van der Waals surface area contributed by atoms with Crippen LogP contribution in [0, 0.1) is 24.2 Å². The van der Waals surface area contributed by atoms with E-state index in [4.69, 9.17) is 5.73 Å². The van der Waals surface area contributed by atoms with Crippen molar-refractivity contribution in [3.63, 3.8) is 0 Å². The van der Waals surface area contributed by atoms with Crippen LogP contribution in [0.15, 0.2) is 24.3 Å². The van der Waals surface area contributed by atoms with Crippen molar-refractivity contribution in [1.29, 1.82) is 0 Å². The highest BCUT2D eigenvalue weighted by atomic mass is 16.4. The first kappa shape index (κ1) is 20.7. The van der Waals surface area contributed by atoms with Gasteiger partial charge >= 0.3 is 5.97 Å². The maximum Gasteiger partial charge on any atom is 0.308 e. The zero-order chi connectivity index (χ0) is 21.6. The third-order valence-electron chi connectivity index (χ3n) is 7.11. The number of likely N-dealkylation sites (tertiary alicyclic amines) is 1. The van der Waals surface area contributed by atoms with Crippen LogP contribution in [-0.2, 0) is 14.4 Å². The molecule has 0 bridgehead atoms. The minimum absolute atomic E-state index is 0.125. The lowest BCUT2D eigenvalue weighted by atomic mass is 9.79. The van der Waals surface area contributed by atoms with E-state index in [0.29, 0.717) is 32.5 Å². The average Bonchev–Trinajstić information content (AvgIpc) is 3.40. The summed E-state index contributed by atoms with van der Waals surface area (Å²) in [5, 5.41) is 9.85. The van der Waals surface area contributed by atoms with Crippen LogP contribution in [0.25, 0.3) is 0 Å².